The number of carbonyl (C=O) groups is 2. The van der Waals surface area contributed by atoms with Crippen molar-refractivity contribution < 1.29 is 19.1 Å². The second-order valence-electron chi connectivity index (χ2n) is 5.70. The Morgan fingerprint density at radius 2 is 1.90 bits per heavy atom. The van der Waals surface area contributed by atoms with Gasteiger partial charge in [-0.25, -0.2) is 14.0 Å². The molecule has 0 bridgehead atoms. The molecule has 0 saturated heterocycles. The van der Waals surface area contributed by atoms with Gasteiger partial charge in [-0.15, -0.1) is 0 Å². The lowest BCUT2D eigenvalue weighted by molar-refractivity contribution is -0.141. The van der Waals surface area contributed by atoms with Crippen LogP contribution in [0.2, 0.25) is 0 Å². The van der Waals surface area contributed by atoms with Crippen LogP contribution in [-0.4, -0.2) is 23.1 Å². The number of carboxylic acids is 1. The number of hydrogen-bond donors (Lipinski definition) is 3. The van der Waals surface area contributed by atoms with Crippen molar-refractivity contribution in [1.82, 2.24) is 5.32 Å². The molecule has 0 heterocycles. The monoisotopic (exact) mass is 282 g/mol. The van der Waals surface area contributed by atoms with E-state index >= 15 is 0 Å². The van der Waals surface area contributed by atoms with E-state index in [9.17, 15) is 14.0 Å². The molecule has 0 aromatic heterocycles. The number of rotatable bonds is 3. The maximum atomic E-state index is 13.3. The van der Waals surface area contributed by atoms with Crippen molar-refractivity contribution in [3.63, 3.8) is 0 Å². The first-order valence-electron chi connectivity index (χ1n) is 6.17. The molecule has 1 atom stereocenters. The summed E-state index contributed by atoms with van der Waals surface area (Å²) in [5.41, 5.74) is 0.0968. The zero-order valence-corrected chi connectivity index (χ0v) is 12.0. The molecule has 0 radical (unpaired) electrons. The summed E-state index contributed by atoms with van der Waals surface area (Å²) in [5, 5.41) is 13.9. The van der Waals surface area contributed by atoms with Gasteiger partial charge < -0.3 is 15.7 Å². The highest BCUT2D eigenvalue weighted by Crippen LogP contribution is 2.20. The number of halogens is 1. The molecule has 20 heavy (non-hydrogen) atoms. The molecule has 2 amide bonds. The third kappa shape index (κ3) is 4.22. The Labute approximate surface area is 117 Å². The fourth-order valence-corrected chi connectivity index (χ4v) is 1.62. The van der Waals surface area contributed by atoms with E-state index in [0.29, 0.717) is 5.56 Å². The van der Waals surface area contributed by atoms with E-state index in [0.717, 1.165) is 0 Å². The summed E-state index contributed by atoms with van der Waals surface area (Å²) < 4.78 is 13.3. The number of carboxylic acid groups (broad SMARTS) is 1. The highest BCUT2D eigenvalue weighted by atomic mass is 19.1. The lowest BCUT2D eigenvalue weighted by Gasteiger charge is -2.27. The first kappa shape index (κ1) is 15.9. The molecule has 0 aliphatic carbocycles. The maximum absolute atomic E-state index is 13.3. The molecule has 0 saturated carbocycles. The maximum Gasteiger partial charge on any atom is 0.326 e. The number of hydrogen-bond acceptors (Lipinski definition) is 2. The van der Waals surface area contributed by atoms with E-state index < -0.39 is 29.3 Å². The third-order valence-electron chi connectivity index (χ3n) is 2.82. The van der Waals surface area contributed by atoms with E-state index in [1.165, 1.54) is 12.1 Å². The van der Waals surface area contributed by atoms with E-state index in [2.05, 4.69) is 10.6 Å². The van der Waals surface area contributed by atoms with Crippen LogP contribution in [0.1, 0.15) is 26.3 Å². The summed E-state index contributed by atoms with van der Waals surface area (Å²) in [4.78, 5) is 22.9. The Morgan fingerprint density at radius 1 is 1.30 bits per heavy atom. The molecule has 1 rings (SSSR count). The average Bonchev–Trinajstić information content (AvgIpc) is 2.29. The smallest absolute Gasteiger partial charge is 0.326 e. The molecule has 0 fully saturated rings. The van der Waals surface area contributed by atoms with E-state index in [4.69, 9.17) is 5.11 Å². The summed E-state index contributed by atoms with van der Waals surface area (Å²) in [7, 11) is 0. The zero-order chi connectivity index (χ0) is 15.5. The van der Waals surface area contributed by atoms with Crippen LogP contribution < -0.4 is 10.6 Å². The van der Waals surface area contributed by atoms with Crippen LogP contribution in [0.4, 0.5) is 14.9 Å². The normalized spacial score (nSPS) is 12.7. The van der Waals surface area contributed by atoms with Crippen molar-refractivity contribution in [2.75, 3.05) is 5.32 Å². The minimum Gasteiger partial charge on any atom is -0.480 e. The molecule has 0 spiro atoms. The van der Waals surface area contributed by atoms with Crippen LogP contribution in [0.25, 0.3) is 0 Å². The quantitative estimate of drug-likeness (QED) is 0.797. The zero-order valence-electron chi connectivity index (χ0n) is 12.0. The van der Waals surface area contributed by atoms with Gasteiger partial charge in [0.2, 0.25) is 0 Å². The minimum absolute atomic E-state index is 0.267. The van der Waals surface area contributed by atoms with Crippen molar-refractivity contribution in [2.45, 2.75) is 33.7 Å². The lowest BCUT2D eigenvalue weighted by atomic mass is 9.87. The molecular weight excluding hydrogens is 263 g/mol. The van der Waals surface area contributed by atoms with Crippen molar-refractivity contribution >= 4 is 17.7 Å². The van der Waals surface area contributed by atoms with Gasteiger partial charge >= 0.3 is 12.0 Å². The molecule has 5 nitrogen and oxygen atoms in total. The number of aliphatic carboxylic acids is 1. The van der Waals surface area contributed by atoms with Gasteiger partial charge in [-0.1, -0.05) is 26.8 Å². The lowest BCUT2D eigenvalue weighted by Crippen LogP contribution is -2.50. The van der Waals surface area contributed by atoms with Gasteiger partial charge in [0, 0.05) is 5.69 Å². The standard InChI is InChI=1S/C14H19FN2O3/c1-8-5-6-9(7-10(8)15)16-13(20)17-11(12(18)19)14(2,3)4/h5-7,11H,1-4H3,(H,18,19)(H2,16,17,20)/t11-/m1/s1. The number of carbonyl (C=O) groups excluding carboxylic acids is 1. The van der Waals surface area contributed by atoms with Gasteiger partial charge in [-0.2, -0.15) is 0 Å². The van der Waals surface area contributed by atoms with Crippen molar-refractivity contribution in [2.24, 2.45) is 5.41 Å². The van der Waals surface area contributed by atoms with Gasteiger partial charge in [0.15, 0.2) is 0 Å². The summed E-state index contributed by atoms with van der Waals surface area (Å²) in [6.07, 6.45) is 0. The first-order chi connectivity index (χ1) is 9.11. The largest absolute Gasteiger partial charge is 0.480 e. The first-order valence-corrected chi connectivity index (χ1v) is 6.17. The second kappa shape index (κ2) is 5.90. The Balaban J connectivity index is 2.76. The summed E-state index contributed by atoms with van der Waals surface area (Å²) in [6.45, 7) is 6.73. The van der Waals surface area contributed by atoms with Gasteiger partial charge in [-0.3, -0.25) is 0 Å². The van der Waals surface area contributed by atoms with Crippen molar-refractivity contribution in [1.29, 1.82) is 0 Å². The van der Waals surface area contributed by atoms with E-state index in [1.807, 2.05) is 0 Å². The fraction of sp³-hybridized carbons (Fsp3) is 0.429. The molecule has 1 aromatic carbocycles. The van der Waals surface area contributed by atoms with Crippen LogP contribution in [-0.2, 0) is 4.79 Å². The third-order valence-corrected chi connectivity index (χ3v) is 2.82. The molecule has 0 aliphatic rings. The van der Waals surface area contributed by atoms with Crippen molar-refractivity contribution in [3.05, 3.63) is 29.6 Å². The Morgan fingerprint density at radius 3 is 2.35 bits per heavy atom. The van der Waals surface area contributed by atoms with Crippen LogP contribution in [0.15, 0.2) is 18.2 Å². The molecule has 0 unspecified atom stereocenters. The van der Waals surface area contributed by atoms with Gasteiger partial charge in [0.05, 0.1) is 0 Å². The molecule has 3 N–H and O–H groups in total. The minimum atomic E-state index is -1.12. The summed E-state index contributed by atoms with van der Waals surface area (Å²) in [5.74, 6) is -1.56. The number of aryl methyl sites for hydroxylation is 1. The molecular formula is C14H19FN2O3. The SMILES string of the molecule is Cc1ccc(NC(=O)N[C@H](C(=O)O)C(C)(C)C)cc1F. The van der Waals surface area contributed by atoms with E-state index in [1.54, 1.807) is 33.8 Å². The van der Waals surface area contributed by atoms with Crippen LogP contribution in [0.5, 0.6) is 0 Å². The number of nitrogens with one attached hydrogen (secondary N) is 2. The van der Waals surface area contributed by atoms with Gasteiger partial charge in [-0.05, 0) is 30.0 Å². The average molecular weight is 282 g/mol. The van der Waals surface area contributed by atoms with E-state index in [-0.39, 0.29) is 5.69 Å². The van der Waals surface area contributed by atoms with Crippen LogP contribution in [0.3, 0.4) is 0 Å². The van der Waals surface area contributed by atoms with Gasteiger partial charge in [0.25, 0.3) is 0 Å². The Kier molecular flexibility index (Phi) is 4.70. The number of benzene rings is 1. The Bertz CT molecular complexity index is 524. The van der Waals surface area contributed by atoms with Crippen LogP contribution >= 0.6 is 0 Å². The molecule has 110 valence electrons. The number of amides is 2. The molecule has 1 aromatic rings. The predicted molar refractivity (Wildman–Crippen MR) is 74.2 cm³/mol. The highest BCUT2D eigenvalue weighted by molar-refractivity contribution is 5.92. The number of urea groups is 1. The highest BCUT2D eigenvalue weighted by Gasteiger charge is 2.32. The number of anilines is 1. The molecule has 6 heteroatoms. The fourth-order valence-electron chi connectivity index (χ4n) is 1.62. The van der Waals surface area contributed by atoms with Crippen LogP contribution in [0, 0.1) is 18.2 Å². The summed E-state index contributed by atoms with van der Waals surface area (Å²) in [6, 6.07) is 2.53. The Hall–Kier alpha value is -2.11. The second-order valence-corrected chi connectivity index (χ2v) is 5.70. The molecule has 0 aliphatic heterocycles. The topological polar surface area (TPSA) is 78.4 Å². The summed E-state index contributed by atoms with van der Waals surface area (Å²) >= 11 is 0. The van der Waals surface area contributed by atoms with Gasteiger partial charge in [0.1, 0.15) is 11.9 Å². The van der Waals surface area contributed by atoms with Crippen molar-refractivity contribution in [3.8, 4) is 0 Å². The predicted octanol–water partition coefficient (Wildman–Crippen LogP) is 2.75.